The van der Waals surface area contributed by atoms with Crippen molar-refractivity contribution in [1.82, 2.24) is 0 Å². The summed E-state index contributed by atoms with van der Waals surface area (Å²) in [6.07, 6.45) is 47.2. The largest absolute Gasteiger partial charge is 0.477 e. The monoisotopic (exact) mass is 803 g/mol. The van der Waals surface area contributed by atoms with Crippen molar-refractivity contribution in [3.63, 3.8) is 0 Å². The normalized spacial score (nSPS) is 13.4. The molecule has 0 aliphatic rings. The second kappa shape index (κ2) is 40.1. The number of ether oxygens (including phenoxy) is 3. The Morgan fingerprint density at radius 3 is 1.46 bits per heavy atom. The summed E-state index contributed by atoms with van der Waals surface area (Å²) in [5, 5.41) is 9.63. The highest BCUT2D eigenvalue weighted by atomic mass is 16.6. The van der Waals surface area contributed by atoms with Crippen molar-refractivity contribution in [1.29, 1.82) is 0 Å². The molecule has 1 N–H and O–H groups in total. The summed E-state index contributed by atoms with van der Waals surface area (Å²) in [6.45, 7) is 4.62. The molecule has 0 aliphatic heterocycles. The summed E-state index contributed by atoms with van der Waals surface area (Å²) in [6, 6.07) is -0.616. The number of carboxylic acid groups (broad SMARTS) is 1. The molecule has 0 radical (unpaired) electrons. The fraction of sp³-hybridized carbons (Fsp3) is 0.776. The van der Waals surface area contributed by atoms with Crippen LogP contribution in [0, 0.1) is 0 Å². The molecule has 0 rings (SSSR count). The molecule has 0 aromatic rings. The molecule has 330 valence electrons. The number of rotatable bonds is 41. The Bertz CT molecular complexity index is 1070. The van der Waals surface area contributed by atoms with Gasteiger partial charge in [0.1, 0.15) is 6.61 Å². The van der Waals surface area contributed by atoms with Gasteiger partial charge in [-0.15, -0.1) is 0 Å². The van der Waals surface area contributed by atoms with Crippen LogP contribution in [0.4, 0.5) is 0 Å². The van der Waals surface area contributed by atoms with Crippen LogP contribution >= 0.6 is 0 Å². The predicted octanol–water partition coefficient (Wildman–Crippen LogP) is 12.8. The van der Waals surface area contributed by atoms with Crippen LogP contribution in [-0.2, 0) is 28.6 Å². The van der Waals surface area contributed by atoms with Gasteiger partial charge in [-0.25, -0.2) is 4.79 Å². The van der Waals surface area contributed by atoms with Gasteiger partial charge in [-0.3, -0.25) is 9.59 Å². The minimum atomic E-state index is -0.877. The van der Waals surface area contributed by atoms with Gasteiger partial charge in [-0.2, -0.15) is 0 Å². The zero-order valence-electron chi connectivity index (χ0n) is 37.5. The summed E-state index contributed by atoms with van der Waals surface area (Å²) in [7, 11) is 5.52. The highest BCUT2D eigenvalue weighted by Gasteiger charge is 2.31. The maximum absolute atomic E-state index is 12.7. The Morgan fingerprint density at radius 1 is 0.544 bits per heavy atom. The fourth-order valence-electron chi connectivity index (χ4n) is 6.67. The molecule has 57 heavy (non-hydrogen) atoms. The zero-order valence-corrected chi connectivity index (χ0v) is 37.5. The van der Waals surface area contributed by atoms with Crippen molar-refractivity contribution in [2.24, 2.45) is 0 Å². The maximum atomic E-state index is 12.7. The Hall–Kier alpha value is -2.71. The van der Waals surface area contributed by atoms with Crippen molar-refractivity contribution in [2.75, 3.05) is 41.0 Å². The van der Waals surface area contributed by atoms with Crippen molar-refractivity contribution in [3.8, 4) is 0 Å². The highest BCUT2D eigenvalue weighted by Crippen LogP contribution is 2.15. The van der Waals surface area contributed by atoms with Crippen molar-refractivity contribution >= 4 is 17.9 Å². The maximum Gasteiger partial charge on any atom is 0.362 e. The van der Waals surface area contributed by atoms with Gasteiger partial charge in [0.05, 0.1) is 34.4 Å². The molecule has 0 bridgehead atoms. The number of carboxylic acids is 1. The van der Waals surface area contributed by atoms with Crippen LogP contribution < -0.4 is 0 Å². The molecular weight excluding hydrogens is 715 g/mol. The van der Waals surface area contributed by atoms with Crippen LogP contribution in [0.25, 0.3) is 0 Å². The topological polar surface area (TPSA) is 99.1 Å². The Morgan fingerprint density at radius 2 is 0.982 bits per heavy atom. The van der Waals surface area contributed by atoms with Gasteiger partial charge in [-0.05, 0) is 51.4 Å². The lowest BCUT2D eigenvalue weighted by Gasteiger charge is -2.31. The summed E-state index contributed by atoms with van der Waals surface area (Å²) in [4.78, 5) is 37.0. The van der Waals surface area contributed by atoms with E-state index in [9.17, 15) is 19.5 Å². The SMILES string of the molecule is CC/C=C/C/C=C/C/C=C/C/C=C/CCCCCCCCC(=O)OCC(COCCC(C(=O)O)[N+](C)(C)C)OC(=O)CCCCCCCCCCCCCCCC. The quantitative estimate of drug-likeness (QED) is 0.0284. The lowest BCUT2D eigenvalue weighted by molar-refractivity contribution is -0.887. The number of nitrogens with zero attached hydrogens (tertiary/aromatic N) is 1. The molecule has 0 amide bonds. The van der Waals surface area contributed by atoms with Gasteiger partial charge >= 0.3 is 17.9 Å². The minimum Gasteiger partial charge on any atom is -0.477 e. The van der Waals surface area contributed by atoms with Gasteiger partial charge in [0, 0.05) is 19.3 Å². The number of unbranched alkanes of at least 4 members (excludes halogenated alkanes) is 19. The molecule has 0 spiro atoms. The fourth-order valence-corrected chi connectivity index (χ4v) is 6.67. The molecular formula is C49H88NO7+. The second-order valence-electron chi connectivity index (χ2n) is 16.6. The van der Waals surface area contributed by atoms with Crippen LogP contribution in [0.2, 0.25) is 0 Å². The average molecular weight is 803 g/mol. The molecule has 8 heteroatoms. The predicted molar refractivity (Wildman–Crippen MR) is 238 cm³/mol. The third-order valence-corrected chi connectivity index (χ3v) is 10.2. The third-order valence-electron chi connectivity index (χ3n) is 10.2. The molecule has 0 fully saturated rings. The number of hydrogen-bond acceptors (Lipinski definition) is 6. The summed E-state index contributed by atoms with van der Waals surface area (Å²) >= 11 is 0. The number of aliphatic carboxylic acids is 1. The van der Waals surface area contributed by atoms with E-state index < -0.39 is 18.1 Å². The van der Waals surface area contributed by atoms with Crippen molar-refractivity contribution in [2.45, 2.75) is 206 Å². The van der Waals surface area contributed by atoms with Crippen molar-refractivity contribution < 1.29 is 38.2 Å². The summed E-state index contributed by atoms with van der Waals surface area (Å²) in [5.74, 6) is -1.48. The molecule has 0 heterocycles. The van der Waals surface area contributed by atoms with E-state index in [-0.39, 0.29) is 36.2 Å². The first-order valence-corrected chi connectivity index (χ1v) is 23.2. The van der Waals surface area contributed by atoms with Crippen LogP contribution in [0.5, 0.6) is 0 Å². The average Bonchev–Trinajstić information content (AvgIpc) is 3.17. The van der Waals surface area contributed by atoms with E-state index in [2.05, 4.69) is 62.5 Å². The number of quaternary nitrogens is 1. The van der Waals surface area contributed by atoms with Gasteiger partial charge in [-0.1, -0.05) is 172 Å². The first-order valence-electron chi connectivity index (χ1n) is 23.2. The van der Waals surface area contributed by atoms with Gasteiger partial charge < -0.3 is 23.8 Å². The molecule has 0 aromatic heterocycles. The molecule has 2 atom stereocenters. The summed E-state index contributed by atoms with van der Waals surface area (Å²) in [5.41, 5.74) is 0. The molecule has 0 aromatic carbocycles. The molecule has 0 saturated carbocycles. The van der Waals surface area contributed by atoms with E-state index in [1.807, 2.05) is 21.1 Å². The minimum absolute atomic E-state index is 0.0572. The number of allylic oxidation sites excluding steroid dienone is 8. The van der Waals surface area contributed by atoms with E-state index in [0.29, 0.717) is 19.3 Å². The highest BCUT2D eigenvalue weighted by molar-refractivity contribution is 5.72. The Kier molecular flexibility index (Phi) is 38.2. The Balaban J connectivity index is 4.32. The first-order chi connectivity index (χ1) is 27.6. The van der Waals surface area contributed by atoms with Crippen LogP contribution in [-0.4, -0.2) is 80.6 Å². The molecule has 8 nitrogen and oxygen atoms in total. The van der Waals surface area contributed by atoms with Gasteiger partial charge in [0.2, 0.25) is 0 Å². The van der Waals surface area contributed by atoms with Crippen LogP contribution in [0.3, 0.4) is 0 Å². The smallest absolute Gasteiger partial charge is 0.362 e. The van der Waals surface area contributed by atoms with E-state index >= 15 is 0 Å². The molecule has 0 aliphatic carbocycles. The second-order valence-corrected chi connectivity index (χ2v) is 16.6. The van der Waals surface area contributed by atoms with Gasteiger partial charge in [0.15, 0.2) is 12.1 Å². The lowest BCUT2D eigenvalue weighted by Crippen LogP contribution is -2.50. The number of esters is 2. The van der Waals surface area contributed by atoms with Crippen molar-refractivity contribution in [3.05, 3.63) is 48.6 Å². The number of carbonyl (C=O) groups excluding carboxylic acids is 2. The number of hydrogen-bond donors (Lipinski definition) is 1. The summed E-state index contributed by atoms with van der Waals surface area (Å²) < 4.78 is 17.3. The van der Waals surface area contributed by atoms with Crippen LogP contribution in [0.1, 0.15) is 194 Å². The van der Waals surface area contributed by atoms with Gasteiger partial charge in [0.25, 0.3) is 0 Å². The first kappa shape index (κ1) is 54.3. The Labute approximate surface area is 350 Å². The van der Waals surface area contributed by atoms with E-state index in [0.717, 1.165) is 77.0 Å². The zero-order chi connectivity index (χ0) is 42.1. The van der Waals surface area contributed by atoms with E-state index in [4.69, 9.17) is 14.2 Å². The molecule has 0 saturated heterocycles. The lowest BCUT2D eigenvalue weighted by atomic mass is 10.0. The molecule has 2 unspecified atom stereocenters. The van der Waals surface area contributed by atoms with Crippen LogP contribution in [0.15, 0.2) is 48.6 Å². The van der Waals surface area contributed by atoms with E-state index in [1.54, 1.807) is 0 Å². The standard InChI is InChI=1S/C49H87NO7/c1-6-8-10-12-14-16-18-20-22-23-24-25-26-28-29-31-33-35-37-39-47(51)56-44-45(43-55-42-41-46(49(53)54)50(3,4)5)57-48(52)40-38-36-34-32-30-27-21-19-17-15-13-11-9-7-2/h8,10,14,16,20,22,24-25,45-46H,6-7,9,11-13,15,17-19,21,23,26-44H2,1-5H3/p+1/b10-8+,16-14+,22-20+,25-24+. The number of carbonyl (C=O) groups is 3. The van der Waals surface area contributed by atoms with E-state index in [1.165, 1.54) is 83.5 Å². The number of likely N-dealkylation sites (N-methyl/N-ethyl adjacent to an activating group) is 1. The third kappa shape index (κ3) is 38.6.